The predicted octanol–water partition coefficient (Wildman–Crippen LogP) is 2.32. The first-order valence-electron chi connectivity index (χ1n) is 6.17. The summed E-state index contributed by atoms with van der Waals surface area (Å²) in [6.45, 7) is 3.44. The third-order valence-electron chi connectivity index (χ3n) is 3.17. The number of carbonyl (C=O) groups is 2. The van der Waals surface area contributed by atoms with Crippen LogP contribution in [0.1, 0.15) is 33.6 Å². The highest BCUT2D eigenvalue weighted by Gasteiger charge is 2.61. The topological polar surface area (TPSA) is 60.9 Å². The van der Waals surface area contributed by atoms with Crippen molar-refractivity contribution in [1.29, 1.82) is 0 Å². The zero-order chi connectivity index (χ0) is 15.9. The summed E-state index contributed by atoms with van der Waals surface area (Å²) in [6, 6.07) is 0. The maximum atomic E-state index is 12.3. The molecule has 116 valence electrons. The summed E-state index contributed by atoms with van der Waals surface area (Å²) >= 11 is 0. The monoisotopic (exact) mass is 296 g/mol. The predicted molar refractivity (Wildman–Crippen MR) is 65.3 cm³/mol. The van der Waals surface area contributed by atoms with E-state index in [4.69, 9.17) is 0 Å². The van der Waals surface area contributed by atoms with Gasteiger partial charge in [-0.25, -0.2) is 4.79 Å². The molecule has 0 saturated heterocycles. The Hall–Kier alpha value is -1.47. The van der Waals surface area contributed by atoms with Crippen molar-refractivity contribution in [3.05, 3.63) is 0 Å². The minimum Gasteiger partial charge on any atom is -0.465 e. The van der Waals surface area contributed by atoms with Crippen LogP contribution in [-0.2, 0) is 4.79 Å². The van der Waals surface area contributed by atoms with Crippen LogP contribution < -0.4 is 0 Å². The van der Waals surface area contributed by atoms with Crippen LogP contribution in [0.15, 0.2) is 0 Å². The Labute approximate surface area is 115 Å². The van der Waals surface area contributed by atoms with Crippen molar-refractivity contribution in [2.75, 3.05) is 13.6 Å². The molecule has 1 N–H and O–H groups in total. The Bertz CT molecular complexity index is 411. The molecule has 0 atom stereocenters. The van der Waals surface area contributed by atoms with Gasteiger partial charge >= 0.3 is 12.3 Å². The maximum Gasteiger partial charge on any atom is 0.408 e. The number of likely N-dealkylation sites (N-methyl/N-ethyl adjacent to an activating group) is 1. The molecule has 20 heavy (non-hydrogen) atoms. The van der Waals surface area contributed by atoms with E-state index in [9.17, 15) is 27.9 Å². The lowest BCUT2D eigenvalue weighted by atomic mass is 10.0. The summed E-state index contributed by atoms with van der Waals surface area (Å²) in [6.07, 6.45) is -5.31. The first-order chi connectivity index (χ1) is 8.81. The fourth-order valence-electron chi connectivity index (χ4n) is 2.46. The van der Waals surface area contributed by atoms with Crippen LogP contribution in [0.3, 0.4) is 0 Å². The highest BCUT2D eigenvalue weighted by atomic mass is 19.4. The molecule has 1 rings (SSSR count). The van der Waals surface area contributed by atoms with Gasteiger partial charge in [-0.2, -0.15) is 13.2 Å². The molecule has 0 aromatic carbocycles. The van der Waals surface area contributed by atoms with Crippen molar-refractivity contribution in [3.8, 4) is 0 Å². The number of carboxylic acid groups (broad SMARTS) is 1. The molecule has 0 aliphatic heterocycles. The number of nitrogens with zero attached hydrogens (tertiary/aromatic N) is 2. The second-order valence-corrected chi connectivity index (χ2v) is 6.10. The lowest BCUT2D eigenvalue weighted by molar-refractivity contribution is -0.163. The molecule has 0 bridgehead atoms. The third kappa shape index (κ3) is 3.34. The third-order valence-corrected chi connectivity index (χ3v) is 3.17. The Kier molecular flexibility index (Phi) is 4.00. The van der Waals surface area contributed by atoms with Gasteiger partial charge in [0.15, 0.2) is 0 Å². The molecule has 0 aromatic rings. The summed E-state index contributed by atoms with van der Waals surface area (Å²) in [5.41, 5.74) is -2.22. The van der Waals surface area contributed by atoms with E-state index in [-0.39, 0.29) is 12.8 Å². The molecule has 1 fully saturated rings. The maximum absolute atomic E-state index is 12.3. The molecule has 0 heterocycles. The number of hydrogen-bond donors (Lipinski definition) is 1. The van der Waals surface area contributed by atoms with Gasteiger partial charge in [0.2, 0.25) is 5.91 Å². The summed E-state index contributed by atoms with van der Waals surface area (Å²) in [5.74, 6) is -0.799. The van der Waals surface area contributed by atoms with E-state index in [1.807, 2.05) is 0 Å². The van der Waals surface area contributed by atoms with Crippen molar-refractivity contribution < 1.29 is 27.9 Å². The van der Waals surface area contributed by atoms with E-state index in [2.05, 4.69) is 0 Å². The van der Waals surface area contributed by atoms with Gasteiger partial charge in [-0.1, -0.05) is 0 Å². The van der Waals surface area contributed by atoms with Gasteiger partial charge in [0.1, 0.15) is 12.1 Å². The van der Waals surface area contributed by atoms with E-state index in [1.165, 1.54) is 0 Å². The van der Waals surface area contributed by atoms with Crippen molar-refractivity contribution in [2.24, 2.45) is 0 Å². The smallest absolute Gasteiger partial charge is 0.408 e. The minimum absolute atomic E-state index is 0.248. The molecule has 0 radical (unpaired) electrons. The summed E-state index contributed by atoms with van der Waals surface area (Å²) in [7, 11) is 1.04. The van der Waals surface area contributed by atoms with Crippen LogP contribution >= 0.6 is 0 Å². The number of alkyl halides is 3. The van der Waals surface area contributed by atoms with Gasteiger partial charge in [0, 0.05) is 12.6 Å². The zero-order valence-corrected chi connectivity index (χ0v) is 11.9. The fraction of sp³-hybridized carbons (Fsp3) is 0.833. The fourth-order valence-corrected chi connectivity index (χ4v) is 2.46. The second kappa shape index (κ2) is 4.82. The number of hydrogen-bond acceptors (Lipinski definition) is 2. The molecule has 0 aromatic heterocycles. The first-order valence-corrected chi connectivity index (χ1v) is 6.17. The molecule has 1 aliphatic rings. The van der Waals surface area contributed by atoms with Crippen molar-refractivity contribution in [3.63, 3.8) is 0 Å². The van der Waals surface area contributed by atoms with Crippen LogP contribution in [0.2, 0.25) is 0 Å². The molecule has 2 amide bonds. The van der Waals surface area contributed by atoms with E-state index in [0.29, 0.717) is 4.90 Å². The van der Waals surface area contributed by atoms with E-state index in [0.717, 1.165) is 11.9 Å². The first kappa shape index (κ1) is 16.6. The van der Waals surface area contributed by atoms with Crippen LogP contribution in [0.4, 0.5) is 18.0 Å². The summed E-state index contributed by atoms with van der Waals surface area (Å²) < 4.78 is 37.0. The second-order valence-electron chi connectivity index (χ2n) is 6.10. The van der Waals surface area contributed by atoms with E-state index >= 15 is 0 Å². The molecule has 5 nitrogen and oxygen atoms in total. The Morgan fingerprint density at radius 3 is 1.90 bits per heavy atom. The SMILES string of the molecule is CN(CC(F)(F)F)C(=O)C1(N(C(=O)O)C(C)(C)C)CC1. The van der Waals surface area contributed by atoms with Crippen molar-refractivity contribution in [2.45, 2.75) is 50.9 Å². The van der Waals surface area contributed by atoms with E-state index in [1.54, 1.807) is 20.8 Å². The summed E-state index contributed by atoms with van der Waals surface area (Å²) in [5, 5.41) is 9.28. The quantitative estimate of drug-likeness (QED) is 0.869. The molecule has 0 unspecified atom stereocenters. The Balaban J connectivity index is 2.98. The molecular formula is C12H19F3N2O3. The standard InChI is InChI=1S/C12H19F3N2O3/c1-10(2,3)17(9(19)20)11(5-6-11)8(18)16(4)7-12(13,14)15/h5-7H2,1-4H3,(H,19,20). The van der Waals surface area contributed by atoms with Gasteiger partial charge in [0.25, 0.3) is 0 Å². The van der Waals surface area contributed by atoms with Crippen LogP contribution in [0.25, 0.3) is 0 Å². The average Bonchev–Trinajstić information content (AvgIpc) is 2.92. The largest absolute Gasteiger partial charge is 0.465 e. The Morgan fingerprint density at radius 1 is 1.20 bits per heavy atom. The van der Waals surface area contributed by atoms with Gasteiger partial charge in [-0.3, -0.25) is 9.69 Å². The van der Waals surface area contributed by atoms with Crippen LogP contribution in [-0.4, -0.2) is 57.8 Å². The van der Waals surface area contributed by atoms with Crippen LogP contribution in [0.5, 0.6) is 0 Å². The Morgan fingerprint density at radius 2 is 1.65 bits per heavy atom. The highest BCUT2D eigenvalue weighted by molar-refractivity contribution is 5.92. The lowest BCUT2D eigenvalue weighted by Crippen LogP contribution is -2.59. The van der Waals surface area contributed by atoms with Gasteiger partial charge < -0.3 is 10.0 Å². The highest BCUT2D eigenvalue weighted by Crippen LogP contribution is 2.46. The number of halogens is 3. The van der Waals surface area contributed by atoms with E-state index < -0.39 is 35.8 Å². The molecule has 0 spiro atoms. The van der Waals surface area contributed by atoms with Gasteiger partial charge in [-0.05, 0) is 33.6 Å². The van der Waals surface area contributed by atoms with Crippen LogP contribution in [0, 0.1) is 0 Å². The van der Waals surface area contributed by atoms with Crippen molar-refractivity contribution >= 4 is 12.0 Å². The summed E-state index contributed by atoms with van der Waals surface area (Å²) in [4.78, 5) is 25.1. The molecule has 8 heteroatoms. The molecule has 1 saturated carbocycles. The lowest BCUT2D eigenvalue weighted by Gasteiger charge is -2.40. The zero-order valence-electron chi connectivity index (χ0n) is 11.9. The van der Waals surface area contributed by atoms with Gasteiger partial charge in [-0.15, -0.1) is 0 Å². The molecule has 1 aliphatic carbocycles. The molecular weight excluding hydrogens is 277 g/mol. The number of amides is 2. The number of carbonyl (C=O) groups excluding carboxylic acids is 1. The van der Waals surface area contributed by atoms with Crippen molar-refractivity contribution in [1.82, 2.24) is 9.80 Å². The van der Waals surface area contributed by atoms with Gasteiger partial charge in [0.05, 0.1) is 0 Å². The minimum atomic E-state index is -4.50. The number of rotatable bonds is 3. The normalized spacial score (nSPS) is 17.6. The average molecular weight is 296 g/mol.